The van der Waals surface area contributed by atoms with E-state index in [1.807, 2.05) is 13.8 Å². The minimum absolute atomic E-state index is 0.0326. The van der Waals surface area contributed by atoms with Crippen molar-refractivity contribution >= 4 is 29.5 Å². The molecule has 6 nitrogen and oxygen atoms in total. The summed E-state index contributed by atoms with van der Waals surface area (Å²) >= 11 is 1.06. The number of thioether (sulfide) groups is 1. The zero-order chi connectivity index (χ0) is 13.4. The number of carboxylic acid groups (broad SMARTS) is 1. The molecule has 0 aromatic heterocycles. The van der Waals surface area contributed by atoms with Gasteiger partial charge in [0.2, 0.25) is 11.8 Å². The molecule has 0 aliphatic carbocycles. The second-order valence-corrected chi connectivity index (χ2v) is 5.03. The monoisotopic (exact) mass is 262 g/mol. The summed E-state index contributed by atoms with van der Waals surface area (Å²) in [5.74, 6) is -1.69. The number of amides is 2. The molecule has 0 aliphatic rings. The fourth-order valence-corrected chi connectivity index (χ4v) is 1.75. The molecule has 4 N–H and O–H groups in total. The number of hydrogen-bond donors (Lipinski definition) is 3. The van der Waals surface area contributed by atoms with Crippen molar-refractivity contribution in [3.05, 3.63) is 0 Å². The van der Waals surface area contributed by atoms with E-state index in [4.69, 9.17) is 10.8 Å². The average molecular weight is 262 g/mol. The van der Waals surface area contributed by atoms with Crippen LogP contribution in [0.3, 0.4) is 0 Å². The van der Waals surface area contributed by atoms with Crippen molar-refractivity contribution in [1.82, 2.24) is 5.32 Å². The van der Waals surface area contributed by atoms with E-state index in [0.717, 1.165) is 11.8 Å². The van der Waals surface area contributed by atoms with Crippen LogP contribution in [0.15, 0.2) is 0 Å². The molecule has 0 aromatic rings. The molecule has 98 valence electrons. The molecule has 7 heteroatoms. The van der Waals surface area contributed by atoms with Crippen LogP contribution in [0.5, 0.6) is 0 Å². The SMILES string of the molecule is CC(C)CC(NC(=O)CSCC(N)=O)C(=O)O. The van der Waals surface area contributed by atoms with Crippen molar-refractivity contribution in [1.29, 1.82) is 0 Å². The molecule has 2 amide bonds. The molecule has 1 atom stereocenters. The van der Waals surface area contributed by atoms with Gasteiger partial charge in [0.25, 0.3) is 0 Å². The van der Waals surface area contributed by atoms with E-state index in [0.29, 0.717) is 6.42 Å². The van der Waals surface area contributed by atoms with E-state index in [2.05, 4.69) is 5.32 Å². The third-order valence-electron chi connectivity index (χ3n) is 1.82. The molecule has 0 rings (SSSR count). The Kier molecular flexibility index (Phi) is 7.36. The van der Waals surface area contributed by atoms with Crippen molar-refractivity contribution in [3.8, 4) is 0 Å². The summed E-state index contributed by atoms with van der Waals surface area (Å²) in [4.78, 5) is 32.7. The van der Waals surface area contributed by atoms with Crippen molar-refractivity contribution < 1.29 is 19.5 Å². The lowest BCUT2D eigenvalue weighted by molar-refractivity contribution is -0.141. The Labute approximate surface area is 104 Å². The summed E-state index contributed by atoms with van der Waals surface area (Å²) in [7, 11) is 0. The molecule has 0 radical (unpaired) electrons. The molecule has 0 bridgehead atoms. The maximum Gasteiger partial charge on any atom is 0.326 e. The van der Waals surface area contributed by atoms with Gasteiger partial charge in [-0.1, -0.05) is 13.8 Å². The topological polar surface area (TPSA) is 109 Å². The normalized spacial score (nSPS) is 12.2. The summed E-state index contributed by atoms with van der Waals surface area (Å²) in [5.41, 5.74) is 4.91. The second-order valence-electron chi connectivity index (χ2n) is 4.05. The Hall–Kier alpha value is -1.24. The molecule has 0 aliphatic heterocycles. The molecular weight excluding hydrogens is 244 g/mol. The molecular formula is C10H18N2O4S. The Balaban J connectivity index is 4.04. The van der Waals surface area contributed by atoms with Crippen molar-refractivity contribution in [2.75, 3.05) is 11.5 Å². The molecule has 0 fully saturated rings. The molecule has 17 heavy (non-hydrogen) atoms. The Morgan fingerprint density at radius 2 is 1.88 bits per heavy atom. The van der Waals surface area contributed by atoms with Gasteiger partial charge in [0.1, 0.15) is 6.04 Å². The third kappa shape index (κ3) is 8.56. The molecule has 0 heterocycles. The maximum atomic E-state index is 11.4. The van der Waals surface area contributed by atoms with Crippen molar-refractivity contribution in [2.45, 2.75) is 26.3 Å². The van der Waals surface area contributed by atoms with E-state index in [-0.39, 0.29) is 17.4 Å². The average Bonchev–Trinajstić information content (AvgIpc) is 2.15. The highest BCUT2D eigenvalue weighted by molar-refractivity contribution is 8.00. The van der Waals surface area contributed by atoms with E-state index in [1.54, 1.807) is 0 Å². The van der Waals surface area contributed by atoms with Gasteiger partial charge in [-0.05, 0) is 12.3 Å². The van der Waals surface area contributed by atoms with E-state index >= 15 is 0 Å². The second kappa shape index (κ2) is 7.94. The first-order valence-electron chi connectivity index (χ1n) is 5.21. The lowest BCUT2D eigenvalue weighted by Crippen LogP contribution is -2.42. The Morgan fingerprint density at radius 3 is 2.29 bits per heavy atom. The van der Waals surface area contributed by atoms with Gasteiger partial charge in [0, 0.05) is 0 Å². The van der Waals surface area contributed by atoms with Crippen molar-refractivity contribution in [2.24, 2.45) is 11.7 Å². The van der Waals surface area contributed by atoms with Crippen LogP contribution >= 0.6 is 11.8 Å². The van der Waals surface area contributed by atoms with Gasteiger partial charge in [0.05, 0.1) is 11.5 Å². The maximum absolute atomic E-state index is 11.4. The highest BCUT2D eigenvalue weighted by atomic mass is 32.2. The largest absolute Gasteiger partial charge is 0.480 e. The van der Waals surface area contributed by atoms with Gasteiger partial charge in [-0.25, -0.2) is 4.79 Å². The summed E-state index contributed by atoms with van der Waals surface area (Å²) in [6, 6.07) is -0.878. The van der Waals surface area contributed by atoms with Gasteiger partial charge in [0.15, 0.2) is 0 Å². The standard InChI is InChI=1S/C10H18N2O4S/c1-6(2)3-7(10(15)16)12-9(14)5-17-4-8(11)13/h6-7H,3-5H2,1-2H3,(H2,11,13)(H,12,14)(H,15,16). The summed E-state index contributed by atoms with van der Waals surface area (Å²) in [5, 5.41) is 11.3. The molecule has 0 spiro atoms. The number of rotatable bonds is 8. The van der Waals surface area contributed by atoms with Crippen LogP contribution in [-0.4, -0.2) is 40.4 Å². The zero-order valence-corrected chi connectivity index (χ0v) is 10.8. The number of aliphatic carboxylic acids is 1. The lowest BCUT2D eigenvalue weighted by atomic mass is 10.0. The molecule has 1 unspecified atom stereocenters. The first-order valence-corrected chi connectivity index (χ1v) is 6.36. The van der Waals surface area contributed by atoms with Crippen LogP contribution in [0.2, 0.25) is 0 Å². The van der Waals surface area contributed by atoms with Crippen LogP contribution in [-0.2, 0) is 14.4 Å². The van der Waals surface area contributed by atoms with Gasteiger partial charge < -0.3 is 16.2 Å². The zero-order valence-electron chi connectivity index (χ0n) is 9.93. The van der Waals surface area contributed by atoms with E-state index < -0.39 is 23.8 Å². The first-order chi connectivity index (χ1) is 7.82. The fourth-order valence-electron chi connectivity index (χ4n) is 1.17. The number of carboxylic acids is 1. The van der Waals surface area contributed by atoms with Gasteiger partial charge in [-0.15, -0.1) is 11.8 Å². The van der Waals surface area contributed by atoms with Crippen LogP contribution in [0.4, 0.5) is 0 Å². The minimum atomic E-state index is -1.05. The predicted molar refractivity (Wildman–Crippen MR) is 65.5 cm³/mol. The van der Waals surface area contributed by atoms with Crippen LogP contribution in [0.25, 0.3) is 0 Å². The quantitative estimate of drug-likeness (QED) is 0.562. The van der Waals surface area contributed by atoms with Gasteiger partial charge in [-0.2, -0.15) is 0 Å². The van der Waals surface area contributed by atoms with E-state index in [1.165, 1.54) is 0 Å². The molecule has 0 saturated carbocycles. The number of carbonyl (C=O) groups is 3. The minimum Gasteiger partial charge on any atom is -0.480 e. The fraction of sp³-hybridized carbons (Fsp3) is 0.700. The predicted octanol–water partition coefficient (Wildman–Crippen LogP) is -0.180. The third-order valence-corrected chi connectivity index (χ3v) is 2.77. The highest BCUT2D eigenvalue weighted by Crippen LogP contribution is 2.06. The summed E-state index contributed by atoms with van der Waals surface area (Å²) in [6.45, 7) is 3.76. The lowest BCUT2D eigenvalue weighted by Gasteiger charge is -2.16. The number of carbonyl (C=O) groups excluding carboxylic acids is 2. The first kappa shape index (κ1) is 15.8. The highest BCUT2D eigenvalue weighted by Gasteiger charge is 2.20. The smallest absolute Gasteiger partial charge is 0.326 e. The molecule has 0 saturated heterocycles. The Morgan fingerprint density at radius 1 is 1.29 bits per heavy atom. The number of hydrogen-bond acceptors (Lipinski definition) is 4. The molecule has 0 aromatic carbocycles. The van der Waals surface area contributed by atoms with Gasteiger partial charge >= 0.3 is 5.97 Å². The number of primary amides is 1. The van der Waals surface area contributed by atoms with Crippen LogP contribution in [0, 0.1) is 5.92 Å². The summed E-state index contributed by atoms with van der Waals surface area (Å²) < 4.78 is 0. The van der Waals surface area contributed by atoms with Crippen LogP contribution < -0.4 is 11.1 Å². The van der Waals surface area contributed by atoms with Crippen LogP contribution in [0.1, 0.15) is 20.3 Å². The van der Waals surface area contributed by atoms with Crippen molar-refractivity contribution in [3.63, 3.8) is 0 Å². The Bertz CT molecular complexity index is 294. The van der Waals surface area contributed by atoms with Gasteiger partial charge in [-0.3, -0.25) is 9.59 Å². The van der Waals surface area contributed by atoms with E-state index in [9.17, 15) is 14.4 Å². The number of nitrogens with one attached hydrogen (secondary N) is 1. The summed E-state index contributed by atoms with van der Waals surface area (Å²) in [6.07, 6.45) is 0.377. The number of nitrogens with two attached hydrogens (primary N) is 1.